The average molecular weight is 488 g/mol. The minimum absolute atomic E-state index is 0. The SMILES string of the molecule is COc1cc(Cc2cnc(N)nc2N)cc(C#Cc2ccccc2P(=O)(O)O)c1OC.[NaH].[NaH]. The number of rotatable bonds is 5. The molecule has 0 radical (unpaired) electrons. The molecule has 164 valence electrons. The zero-order valence-electron chi connectivity index (χ0n) is 16.9. The summed E-state index contributed by atoms with van der Waals surface area (Å²) in [6.45, 7) is 0. The van der Waals surface area contributed by atoms with Gasteiger partial charge in [-0.3, -0.25) is 4.57 Å². The van der Waals surface area contributed by atoms with Gasteiger partial charge in [0.05, 0.1) is 25.1 Å². The van der Waals surface area contributed by atoms with E-state index in [2.05, 4.69) is 21.8 Å². The Morgan fingerprint density at radius 1 is 1.03 bits per heavy atom. The summed E-state index contributed by atoms with van der Waals surface area (Å²) >= 11 is 0. The molecule has 1 aromatic heterocycles. The fourth-order valence-corrected chi connectivity index (χ4v) is 3.70. The average Bonchev–Trinajstić information content (AvgIpc) is 2.73. The second-order valence-electron chi connectivity index (χ2n) is 6.51. The van der Waals surface area contributed by atoms with Crippen molar-refractivity contribution >= 4 is 83.8 Å². The van der Waals surface area contributed by atoms with Gasteiger partial charge in [0.2, 0.25) is 5.95 Å². The number of benzene rings is 2. The van der Waals surface area contributed by atoms with E-state index in [9.17, 15) is 14.4 Å². The van der Waals surface area contributed by atoms with Crippen molar-refractivity contribution in [1.82, 2.24) is 9.97 Å². The van der Waals surface area contributed by atoms with Crippen LogP contribution in [0.4, 0.5) is 11.8 Å². The molecular formula is C21H23N4Na2O5P. The summed E-state index contributed by atoms with van der Waals surface area (Å²) in [6, 6.07) is 9.65. The minimum atomic E-state index is -4.47. The van der Waals surface area contributed by atoms with Crippen LogP contribution in [0.2, 0.25) is 0 Å². The number of ether oxygens (including phenoxy) is 2. The molecule has 9 nitrogen and oxygen atoms in total. The second kappa shape index (κ2) is 12.8. The molecule has 0 saturated carbocycles. The third-order valence-electron chi connectivity index (χ3n) is 4.40. The van der Waals surface area contributed by atoms with Gasteiger partial charge in [0.15, 0.2) is 11.5 Å². The third-order valence-corrected chi connectivity index (χ3v) is 5.42. The molecule has 0 amide bonds. The van der Waals surface area contributed by atoms with Crippen molar-refractivity contribution in [3.8, 4) is 23.3 Å². The molecule has 3 aromatic rings. The summed E-state index contributed by atoms with van der Waals surface area (Å²) in [5, 5.41) is -0.142. The topological polar surface area (TPSA) is 154 Å². The fraction of sp³-hybridized carbons (Fsp3) is 0.143. The van der Waals surface area contributed by atoms with Crippen molar-refractivity contribution in [2.45, 2.75) is 6.42 Å². The van der Waals surface area contributed by atoms with E-state index in [4.69, 9.17) is 20.9 Å². The number of hydrogen-bond donors (Lipinski definition) is 4. The number of anilines is 2. The van der Waals surface area contributed by atoms with Gasteiger partial charge >= 0.3 is 66.7 Å². The molecule has 0 saturated heterocycles. The van der Waals surface area contributed by atoms with Crippen LogP contribution in [-0.2, 0) is 11.0 Å². The van der Waals surface area contributed by atoms with Crippen LogP contribution in [0.1, 0.15) is 22.3 Å². The Kier molecular flexibility index (Phi) is 11.4. The van der Waals surface area contributed by atoms with E-state index < -0.39 is 7.60 Å². The normalized spacial score (nSPS) is 10.2. The van der Waals surface area contributed by atoms with Crippen LogP contribution in [0.3, 0.4) is 0 Å². The second-order valence-corrected chi connectivity index (χ2v) is 8.08. The van der Waals surface area contributed by atoms with E-state index in [0.717, 1.165) is 5.56 Å². The maximum absolute atomic E-state index is 11.8. The van der Waals surface area contributed by atoms with Gasteiger partial charge in [-0.05, 0) is 29.8 Å². The molecule has 0 atom stereocenters. The number of hydrogen-bond acceptors (Lipinski definition) is 7. The van der Waals surface area contributed by atoms with Gasteiger partial charge in [-0.2, -0.15) is 4.98 Å². The van der Waals surface area contributed by atoms with E-state index in [1.54, 1.807) is 36.5 Å². The van der Waals surface area contributed by atoms with Crippen molar-refractivity contribution in [3.63, 3.8) is 0 Å². The molecule has 0 bridgehead atoms. The van der Waals surface area contributed by atoms with Gasteiger partial charge in [-0.1, -0.05) is 24.0 Å². The summed E-state index contributed by atoms with van der Waals surface area (Å²) in [5.41, 5.74) is 13.7. The Bertz CT molecular complexity index is 1240. The molecule has 12 heteroatoms. The molecule has 0 aliphatic rings. The predicted octanol–water partition coefficient (Wildman–Crippen LogP) is 0.155. The van der Waals surface area contributed by atoms with Crippen LogP contribution < -0.4 is 26.2 Å². The van der Waals surface area contributed by atoms with E-state index in [1.807, 2.05) is 0 Å². The van der Waals surface area contributed by atoms with Crippen molar-refractivity contribution < 1.29 is 23.8 Å². The first-order chi connectivity index (χ1) is 14.7. The van der Waals surface area contributed by atoms with Crippen molar-refractivity contribution in [1.29, 1.82) is 0 Å². The van der Waals surface area contributed by atoms with Crippen LogP contribution in [0.5, 0.6) is 11.5 Å². The Hall–Kier alpha value is -1.57. The van der Waals surface area contributed by atoms with Crippen molar-refractivity contribution in [2.75, 3.05) is 25.7 Å². The molecule has 0 aliphatic heterocycles. The first-order valence-electron chi connectivity index (χ1n) is 9.02. The third kappa shape index (κ3) is 7.46. The summed E-state index contributed by atoms with van der Waals surface area (Å²) in [4.78, 5) is 27.1. The summed E-state index contributed by atoms with van der Waals surface area (Å²) in [6.07, 6.45) is 1.94. The number of aromatic nitrogens is 2. The Morgan fingerprint density at radius 2 is 1.70 bits per heavy atom. The summed E-state index contributed by atoms with van der Waals surface area (Å²) in [7, 11) is -1.49. The van der Waals surface area contributed by atoms with E-state index >= 15 is 0 Å². The van der Waals surface area contributed by atoms with Gasteiger partial charge in [-0.15, -0.1) is 0 Å². The van der Waals surface area contributed by atoms with Gasteiger partial charge in [-0.25, -0.2) is 4.98 Å². The zero-order chi connectivity index (χ0) is 22.6. The first kappa shape index (κ1) is 29.5. The van der Waals surface area contributed by atoms with Gasteiger partial charge in [0.25, 0.3) is 0 Å². The van der Waals surface area contributed by atoms with Gasteiger partial charge in [0, 0.05) is 23.7 Å². The predicted molar refractivity (Wildman–Crippen MR) is 132 cm³/mol. The van der Waals surface area contributed by atoms with Crippen LogP contribution in [0.15, 0.2) is 42.6 Å². The molecule has 0 aliphatic carbocycles. The monoisotopic (exact) mass is 488 g/mol. The molecule has 0 spiro atoms. The van der Waals surface area contributed by atoms with Crippen molar-refractivity contribution in [3.05, 3.63) is 64.8 Å². The quantitative estimate of drug-likeness (QED) is 0.223. The molecule has 3 rings (SSSR count). The van der Waals surface area contributed by atoms with Crippen LogP contribution >= 0.6 is 7.60 Å². The number of nitrogens with two attached hydrogens (primary N) is 2. The van der Waals surface area contributed by atoms with Crippen LogP contribution in [0, 0.1) is 11.8 Å². The zero-order valence-corrected chi connectivity index (χ0v) is 17.8. The van der Waals surface area contributed by atoms with E-state index in [1.165, 1.54) is 20.3 Å². The van der Waals surface area contributed by atoms with Gasteiger partial charge in [0.1, 0.15) is 5.82 Å². The Morgan fingerprint density at radius 3 is 2.30 bits per heavy atom. The van der Waals surface area contributed by atoms with Crippen LogP contribution in [0.25, 0.3) is 0 Å². The first-order valence-corrected chi connectivity index (χ1v) is 10.6. The summed E-state index contributed by atoms with van der Waals surface area (Å²) < 4.78 is 22.6. The number of methoxy groups -OCH3 is 2. The molecule has 6 N–H and O–H groups in total. The standard InChI is InChI=1S/C21H21N4O5P.2Na.2H/c1-29-17-11-13(10-16-12-24-21(23)25-20(16)22)9-15(19(17)30-2)8-7-14-5-3-4-6-18(14)31(26,27)28;;;;/h3-6,9,11-12H,10H2,1-2H3,(H2,26,27,28)(H4,22,23,24,25);;;;. The fourth-order valence-electron chi connectivity index (χ4n) is 2.97. The molecule has 2 aromatic carbocycles. The Balaban J connectivity index is 0.00000272. The molecule has 33 heavy (non-hydrogen) atoms. The maximum atomic E-state index is 11.8. The Labute approximate surface area is 236 Å². The van der Waals surface area contributed by atoms with E-state index in [-0.39, 0.29) is 81.7 Å². The van der Waals surface area contributed by atoms with E-state index in [0.29, 0.717) is 29.0 Å². The molecular weight excluding hydrogens is 465 g/mol. The summed E-state index contributed by atoms with van der Waals surface area (Å²) in [5.74, 6) is 6.96. The van der Waals surface area contributed by atoms with Gasteiger partial charge < -0.3 is 30.7 Å². The van der Waals surface area contributed by atoms with Crippen molar-refractivity contribution in [2.24, 2.45) is 0 Å². The molecule has 1 heterocycles. The van der Waals surface area contributed by atoms with Crippen LogP contribution in [-0.4, -0.2) is 93.1 Å². The molecule has 0 fully saturated rings. The molecule has 0 unspecified atom stereocenters. The number of nitrogens with zero attached hydrogens (tertiary/aromatic N) is 2. The number of nitrogen functional groups attached to an aromatic ring is 2.